The molecule has 0 aliphatic carbocycles. The molecule has 1 spiro atoms. The van der Waals surface area contributed by atoms with Crippen molar-refractivity contribution in [3.05, 3.63) is 23.8 Å². The number of ether oxygens (including phenoxy) is 2. The molecule has 2 amide bonds. The van der Waals surface area contributed by atoms with Crippen LogP contribution in [0.15, 0.2) is 18.2 Å². The summed E-state index contributed by atoms with van der Waals surface area (Å²) in [5.74, 6) is 1.67. The molecule has 6 heteroatoms. The number of benzene rings is 1. The largest absolute Gasteiger partial charge is 0.493 e. The third-order valence-electron chi connectivity index (χ3n) is 6.77. The summed E-state index contributed by atoms with van der Waals surface area (Å²) < 4.78 is 10.9. The normalized spacial score (nSPS) is 22.3. The van der Waals surface area contributed by atoms with Crippen LogP contribution in [0, 0.1) is 10.8 Å². The van der Waals surface area contributed by atoms with E-state index < -0.39 is 5.41 Å². The second kappa shape index (κ2) is 8.25. The molecule has 3 rings (SSSR count). The van der Waals surface area contributed by atoms with E-state index in [1.54, 1.807) is 14.2 Å². The smallest absolute Gasteiger partial charge is 0.230 e. The molecule has 2 aliphatic heterocycles. The Hall–Kier alpha value is -2.24. The number of para-hydroxylation sites is 1. The Morgan fingerprint density at radius 1 is 1.17 bits per heavy atom. The first-order valence-electron chi connectivity index (χ1n) is 10.6. The highest BCUT2D eigenvalue weighted by Gasteiger charge is 2.50. The average molecular weight is 403 g/mol. The van der Waals surface area contributed by atoms with Crippen LogP contribution in [-0.2, 0) is 16.1 Å². The van der Waals surface area contributed by atoms with E-state index in [1.807, 2.05) is 48.8 Å². The van der Waals surface area contributed by atoms with E-state index in [-0.39, 0.29) is 17.2 Å². The van der Waals surface area contributed by atoms with Gasteiger partial charge in [0.05, 0.1) is 19.6 Å². The van der Waals surface area contributed by atoms with Crippen molar-refractivity contribution in [2.24, 2.45) is 10.8 Å². The molecule has 2 fully saturated rings. The minimum Gasteiger partial charge on any atom is -0.493 e. The van der Waals surface area contributed by atoms with E-state index in [4.69, 9.17) is 9.47 Å². The van der Waals surface area contributed by atoms with Gasteiger partial charge in [0.25, 0.3) is 0 Å². The third kappa shape index (κ3) is 3.94. The van der Waals surface area contributed by atoms with Crippen molar-refractivity contribution in [3.8, 4) is 11.5 Å². The fraction of sp³-hybridized carbons (Fsp3) is 0.652. The molecule has 1 atom stereocenters. The van der Waals surface area contributed by atoms with Crippen LogP contribution < -0.4 is 9.47 Å². The second-order valence-electron chi connectivity index (χ2n) is 8.98. The topological polar surface area (TPSA) is 59.1 Å². The van der Waals surface area contributed by atoms with Crippen LogP contribution in [0.5, 0.6) is 11.5 Å². The molecule has 2 saturated heterocycles. The Labute approximate surface area is 174 Å². The van der Waals surface area contributed by atoms with Crippen LogP contribution in [0.2, 0.25) is 0 Å². The van der Waals surface area contributed by atoms with E-state index in [0.29, 0.717) is 31.1 Å². The highest BCUT2D eigenvalue weighted by molar-refractivity contribution is 5.87. The zero-order valence-electron chi connectivity index (χ0n) is 18.4. The van der Waals surface area contributed by atoms with Crippen molar-refractivity contribution < 1.29 is 19.1 Å². The molecule has 1 aromatic carbocycles. The van der Waals surface area contributed by atoms with Crippen molar-refractivity contribution in [1.82, 2.24) is 9.80 Å². The van der Waals surface area contributed by atoms with E-state index >= 15 is 0 Å². The predicted octanol–water partition coefficient (Wildman–Crippen LogP) is 3.48. The number of hydrogen-bond donors (Lipinski definition) is 0. The summed E-state index contributed by atoms with van der Waals surface area (Å²) in [6, 6.07) is 5.76. The van der Waals surface area contributed by atoms with Crippen molar-refractivity contribution in [3.63, 3.8) is 0 Å². The van der Waals surface area contributed by atoms with E-state index in [1.165, 1.54) is 0 Å². The molecule has 2 heterocycles. The van der Waals surface area contributed by atoms with Gasteiger partial charge in [0.1, 0.15) is 0 Å². The van der Waals surface area contributed by atoms with Gasteiger partial charge in [-0.1, -0.05) is 32.9 Å². The minimum atomic E-state index is -0.441. The first-order chi connectivity index (χ1) is 13.8. The number of carbonyl (C=O) groups excluding carboxylic acids is 2. The SMILES string of the molecule is CCC(C)(C)C(=O)N1CCC2(CCCN(Cc3cccc(OC)c3OC)C2=O)C1. The van der Waals surface area contributed by atoms with Gasteiger partial charge in [-0.3, -0.25) is 9.59 Å². The molecule has 0 bridgehead atoms. The van der Waals surface area contributed by atoms with E-state index in [9.17, 15) is 9.59 Å². The Morgan fingerprint density at radius 2 is 1.93 bits per heavy atom. The summed E-state index contributed by atoms with van der Waals surface area (Å²) in [5.41, 5.74) is 0.121. The van der Waals surface area contributed by atoms with E-state index in [0.717, 1.165) is 37.8 Å². The minimum absolute atomic E-state index is 0.163. The van der Waals surface area contributed by atoms with Crippen molar-refractivity contribution >= 4 is 11.8 Å². The Kier molecular flexibility index (Phi) is 6.11. The molecular weight excluding hydrogens is 368 g/mol. The predicted molar refractivity (Wildman–Crippen MR) is 112 cm³/mol. The number of methoxy groups -OCH3 is 2. The zero-order valence-corrected chi connectivity index (χ0v) is 18.4. The Balaban J connectivity index is 1.77. The van der Waals surface area contributed by atoms with E-state index in [2.05, 4.69) is 0 Å². The van der Waals surface area contributed by atoms with Crippen molar-refractivity contribution in [1.29, 1.82) is 0 Å². The summed E-state index contributed by atoms with van der Waals surface area (Å²) in [7, 11) is 3.24. The number of carbonyl (C=O) groups is 2. The first kappa shape index (κ1) is 21.5. The number of likely N-dealkylation sites (tertiary alicyclic amines) is 2. The monoisotopic (exact) mass is 402 g/mol. The molecular formula is C23H34N2O4. The quantitative estimate of drug-likeness (QED) is 0.731. The first-order valence-corrected chi connectivity index (χ1v) is 10.6. The number of nitrogens with zero attached hydrogens (tertiary/aromatic N) is 2. The lowest BCUT2D eigenvalue weighted by Gasteiger charge is -2.40. The Morgan fingerprint density at radius 3 is 2.59 bits per heavy atom. The molecule has 29 heavy (non-hydrogen) atoms. The van der Waals surface area contributed by atoms with Gasteiger partial charge >= 0.3 is 0 Å². The van der Waals surface area contributed by atoms with Crippen LogP contribution in [-0.4, -0.2) is 55.5 Å². The Bertz CT molecular complexity index is 776. The van der Waals surface area contributed by atoms with Crippen LogP contribution in [0.1, 0.15) is 52.0 Å². The fourth-order valence-corrected chi connectivity index (χ4v) is 4.59. The summed E-state index contributed by atoms with van der Waals surface area (Å²) in [6.45, 7) is 8.46. The van der Waals surface area contributed by atoms with Crippen molar-refractivity contribution in [2.45, 2.75) is 53.0 Å². The molecule has 1 aromatic rings. The lowest BCUT2D eigenvalue weighted by Crippen LogP contribution is -2.50. The number of hydrogen-bond acceptors (Lipinski definition) is 4. The van der Waals surface area contributed by atoms with Crippen LogP contribution in [0.4, 0.5) is 0 Å². The molecule has 6 nitrogen and oxygen atoms in total. The van der Waals surface area contributed by atoms with Crippen molar-refractivity contribution in [2.75, 3.05) is 33.9 Å². The standard InChI is InChI=1S/C23H34N2O4/c1-6-22(2,3)20(26)25-14-12-23(16-25)11-8-13-24(21(23)27)15-17-9-7-10-18(28-4)19(17)29-5/h7,9-10H,6,8,11-16H2,1-5H3. The lowest BCUT2D eigenvalue weighted by molar-refractivity contribution is -0.147. The van der Waals surface area contributed by atoms with Gasteiger partial charge < -0.3 is 19.3 Å². The van der Waals surface area contributed by atoms with Gasteiger partial charge in [-0.2, -0.15) is 0 Å². The third-order valence-corrected chi connectivity index (χ3v) is 6.77. The molecule has 0 saturated carbocycles. The molecule has 1 unspecified atom stereocenters. The van der Waals surface area contributed by atoms with Crippen LogP contribution >= 0.6 is 0 Å². The van der Waals surface area contributed by atoms with Crippen LogP contribution in [0.25, 0.3) is 0 Å². The average Bonchev–Trinajstić information content (AvgIpc) is 3.15. The van der Waals surface area contributed by atoms with Gasteiger partial charge in [-0.15, -0.1) is 0 Å². The molecule has 0 N–H and O–H groups in total. The fourth-order valence-electron chi connectivity index (χ4n) is 4.59. The molecule has 0 radical (unpaired) electrons. The van der Waals surface area contributed by atoms with Gasteiger partial charge in [0.2, 0.25) is 11.8 Å². The summed E-state index contributed by atoms with van der Waals surface area (Å²) >= 11 is 0. The van der Waals surface area contributed by atoms with Gasteiger partial charge in [-0.25, -0.2) is 0 Å². The zero-order chi connectivity index (χ0) is 21.2. The highest BCUT2D eigenvalue weighted by atomic mass is 16.5. The number of amides is 2. The summed E-state index contributed by atoms with van der Waals surface area (Å²) in [6.07, 6.45) is 3.36. The second-order valence-corrected chi connectivity index (χ2v) is 8.98. The number of rotatable bonds is 6. The number of piperidine rings is 1. The molecule has 2 aliphatic rings. The molecule has 160 valence electrons. The van der Waals surface area contributed by atoms with Gasteiger partial charge in [-0.05, 0) is 31.7 Å². The van der Waals surface area contributed by atoms with Gasteiger partial charge in [0, 0.05) is 37.2 Å². The highest BCUT2D eigenvalue weighted by Crippen LogP contribution is 2.42. The van der Waals surface area contributed by atoms with Gasteiger partial charge in [0.15, 0.2) is 11.5 Å². The lowest BCUT2D eigenvalue weighted by atomic mass is 9.78. The maximum atomic E-state index is 13.5. The maximum Gasteiger partial charge on any atom is 0.230 e. The molecule has 0 aromatic heterocycles. The van der Waals surface area contributed by atoms with Crippen LogP contribution in [0.3, 0.4) is 0 Å². The summed E-state index contributed by atoms with van der Waals surface area (Å²) in [4.78, 5) is 30.3. The maximum absolute atomic E-state index is 13.5. The summed E-state index contributed by atoms with van der Waals surface area (Å²) in [5, 5.41) is 0.